The molecule has 196 valence electrons. The lowest BCUT2D eigenvalue weighted by Gasteiger charge is -2.26. The Balaban J connectivity index is 1.70. The van der Waals surface area contributed by atoms with E-state index in [2.05, 4.69) is 0 Å². The van der Waals surface area contributed by atoms with Crippen LogP contribution in [0.5, 0.6) is 11.5 Å². The molecule has 8 heteroatoms. The van der Waals surface area contributed by atoms with E-state index >= 15 is 0 Å². The highest BCUT2D eigenvalue weighted by Crippen LogP contribution is 2.30. The van der Waals surface area contributed by atoms with Gasteiger partial charge in [0.05, 0.1) is 24.7 Å². The third kappa shape index (κ3) is 9.53. The molecule has 2 aromatic heterocycles. The second kappa shape index (κ2) is 12.4. The van der Waals surface area contributed by atoms with Crippen LogP contribution in [0.25, 0.3) is 0 Å². The summed E-state index contributed by atoms with van der Waals surface area (Å²) in [5.74, 6) is -0.796. The zero-order valence-corrected chi connectivity index (χ0v) is 21.2. The summed E-state index contributed by atoms with van der Waals surface area (Å²) in [5, 5.41) is 39.9. The fraction of sp³-hybridized carbons (Fsp3) is 0.630. The Kier molecular flexibility index (Phi) is 10.2. The lowest BCUT2D eigenvalue weighted by atomic mass is 9.80. The number of aromatic hydroxyl groups is 2. The molecule has 35 heavy (non-hydrogen) atoms. The Labute approximate surface area is 206 Å². The normalized spacial score (nSPS) is 14.1. The Morgan fingerprint density at radius 2 is 1.06 bits per heavy atom. The van der Waals surface area contributed by atoms with Gasteiger partial charge in [0.1, 0.15) is 12.5 Å². The first-order valence-corrected chi connectivity index (χ1v) is 12.2. The molecule has 2 atom stereocenters. The van der Waals surface area contributed by atoms with E-state index in [1.807, 2.05) is 27.7 Å². The van der Waals surface area contributed by atoms with Gasteiger partial charge < -0.3 is 29.3 Å². The van der Waals surface area contributed by atoms with Crippen molar-refractivity contribution in [1.29, 1.82) is 0 Å². The van der Waals surface area contributed by atoms with Crippen LogP contribution in [0.3, 0.4) is 0 Å². The second-order valence-corrected chi connectivity index (χ2v) is 11.2. The van der Waals surface area contributed by atoms with Crippen LogP contribution in [0.15, 0.2) is 43.5 Å². The highest BCUT2D eigenvalue weighted by molar-refractivity contribution is 5.22. The van der Waals surface area contributed by atoms with Gasteiger partial charge in [0.25, 0.3) is 0 Å². The van der Waals surface area contributed by atoms with E-state index in [1.165, 1.54) is 12.5 Å². The predicted octanol–water partition coefficient (Wildman–Crippen LogP) is 4.29. The zero-order valence-electron chi connectivity index (χ0n) is 21.2. The molecule has 0 aromatic carbocycles. The number of aliphatic hydroxyl groups excluding tert-OH is 2. The summed E-state index contributed by atoms with van der Waals surface area (Å²) in [6.45, 7) is 8.04. The van der Waals surface area contributed by atoms with E-state index in [9.17, 15) is 30.0 Å². The van der Waals surface area contributed by atoms with Crippen molar-refractivity contribution < 1.29 is 29.3 Å². The summed E-state index contributed by atoms with van der Waals surface area (Å²) in [6, 6.07) is 0. The zero-order chi connectivity index (χ0) is 26.2. The highest BCUT2D eigenvalue weighted by atomic mass is 16.3. The minimum Gasteiger partial charge on any atom is -0.502 e. The Morgan fingerprint density at radius 3 is 1.43 bits per heavy atom. The standard InChI is InChI=1S/C27H40O8/c1-26(2,12-18-14-34-16-22(30)24(18)32)10-8-20(28)6-5-7-21(29)9-11-27(3,4)13-19-15-35-17-23(31)25(19)33/h14-17,20-21,28-31H,5-13H2,1-4H3. The molecule has 0 saturated carbocycles. The molecule has 0 aliphatic rings. The average Bonchev–Trinajstić information content (AvgIpc) is 2.77. The van der Waals surface area contributed by atoms with Gasteiger partial charge in [-0.25, -0.2) is 0 Å². The minimum absolute atomic E-state index is 0.249. The van der Waals surface area contributed by atoms with Crippen LogP contribution >= 0.6 is 0 Å². The highest BCUT2D eigenvalue weighted by Gasteiger charge is 2.24. The quantitative estimate of drug-likeness (QED) is 0.306. The van der Waals surface area contributed by atoms with Crippen LogP contribution in [0.2, 0.25) is 0 Å². The third-order valence-corrected chi connectivity index (χ3v) is 6.55. The molecule has 2 rings (SSSR count). The summed E-state index contributed by atoms with van der Waals surface area (Å²) in [6.07, 6.45) is 9.04. The van der Waals surface area contributed by atoms with Crippen molar-refractivity contribution in [2.75, 3.05) is 0 Å². The molecule has 2 unspecified atom stereocenters. The number of hydrogen-bond donors (Lipinski definition) is 4. The molecule has 0 aliphatic heterocycles. The van der Waals surface area contributed by atoms with Gasteiger partial charge in [-0.1, -0.05) is 27.7 Å². The molecule has 0 amide bonds. The van der Waals surface area contributed by atoms with Crippen LogP contribution in [-0.4, -0.2) is 32.6 Å². The van der Waals surface area contributed by atoms with Gasteiger partial charge in [-0.05, 0) is 68.6 Å². The average molecular weight is 493 g/mol. The van der Waals surface area contributed by atoms with Crippen molar-refractivity contribution in [3.05, 3.63) is 56.6 Å². The smallest absolute Gasteiger partial charge is 0.229 e. The lowest BCUT2D eigenvalue weighted by molar-refractivity contribution is 0.106. The maximum Gasteiger partial charge on any atom is 0.229 e. The molecule has 2 heterocycles. The Hall–Kier alpha value is -2.58. The lowest BCUT2D eigenvalue weighted by Crippen LogP contribution is -2.23. The van der Waals surface area contributed by atoms with E-state index < -0.39 is 34.6 Å². The topological polar surface area (TPSA) is 141 Å². The predicted molar refractivity (Wildman–Crippen MR) is 133 cm³/mol. The van der Waals surface area contributed by atoms with Crippen LogP contribution in [0.4, 0.5) is 0 Å². The first-order valence-electron chi connectivity index (χ1n) is 12.2. The van der Waals surface area contributed by atoms with Crippen LogP contribution in [0.1, 0.15) is 83.8 Å². The van der Waals surface area contributed by atoms with E-state index in [-0.39, 0.29) is 10.8 Å². The van der Waals surface area contributed by atoms with Gasteiger partial charge in [-0.15, -0.1) is 0 Å². The number of rotatable bonds is 14. The molecule has 0 bridgehead atoms. The maximum atomic E-state index is 12.0. The summed E-state index contributed by atoms with van der Waals surface area (Å²) in [4.78, 5) is 24.0. The fourth-order valence-corrected chi connectivity index (χ4v) is 4.35. The van der Waals surface area contributed by atoms with E-state index in [0.717, 1.165) is 12.5 Å². The number of hydrogen-bond acceptors (Lipinski definition) is 8. The molecule has 0 radical (unpaired) electrons. The Morgan fingerprint density at radius 1 is 0.686 bits per heavy atom. The molecule has 0 aliphatic carbocycles. The Bertz CT molecular complexity index is 966. The largest absolute Gasteiger partial charge is 0.502 e. The van der Waals surface area contributed by atoms with Crippen molar-refractivity contribution in [2.24, 2.45) is 10.8 Å². The van der Waals surface area contributed by atoms with Crippen molar-refractivity contribution in [3.8, 4) is 11.5 Å². The molecular weight excluding hydrogens is 452 g/mol. The van der Waals surface area contributed by atoms with Crippen LogP contribution in [-0.2, 0) is 12.8 Å². The second-order valence-electron chi connectivity index (χ2n) is 11.2. The van der Waals surface area contributed by atoms with Gasteiger partial charge in [-0.3, -0.25) is 9.59 Å². The fourth-order valence-electron chi connectivity index (χ4n) is 4.35. The maximum absolute atomic E-state index is 12.0. The van der Waals surface area contributed by atoms with E-state index in [0.29, 0.717) is 68.9 Å². The molecular formula is C27H40O8. The van der Waals surface area contributed by atoms with E-state index in [1.54, 1.807) is 0 Å². The van der Waals surface area contributed by atoms with Crippen molar-refractivity contribution in [2.45, 2.75) is 97.7 Å². The molecule has 2 aromatic rings. The van der Waals surface area contributed by atoms with Crippen LogP contribution in [0, 0.1) is 10.8 Å². The third-order valence-electron chi connectivity index (χ3n) is 6.55. The molecule has 0 saturated heterocycles. The van der Waals surface area contributed by atoms with Crippen molar-refractivity contribution in [1.82, 2.24) is 0 Å². The molecule has 0 fully saturated rings. The van der Waals surface area contributed by atoms with Gasteiger partial charge in [-0.2, -0.15) is 0 Å². The van der Waals surface area contributed by atoms with Gasteiger partial charge >= 0.3 is 0 Å². The molecule has 4 N–H and O–H groups in total. The summed E-state index contributed by atoms with van der Waals surface area (Å²) >= 11 is 0. The van der Waals surface area contributed by atoms with Crippen molar-refractivity contribution in [3.63, 3.8) is 0 Å². The molecule has 8 nitrogen and oxygen atoms in total. The number of aliphatic hydroxyl groups is 2. The summed E-state index contributed by atoms with van der Waals surface area (Å²) in [5.41, 5.74) is -0.511. The summed E-state index contributed by atoms with van der Waals surface area (Å²) < 4.78 is 9.99. The first kappa shape index (κ1) is 28.7. The first-order chi connectivity index (χ1) is 16.3. The minimum atomic E-state index is -0.497. The van der Waals surface area contributed by atoms with Gasteiger partial charge in [0.15, 0.2) is 11.5 Å². The summed E-state index contributed by atoms with van der Waals surface area (Å²) in [7, 11) is 0. The van der Waals surface area contributed by atoms with Crippen molar-refractivity contribution >= 4 is 0 Å². The molecule has 0 spiro atoms. The monoisotopic (exact) mass is 492 g/mol. The van der Waals surface area contributed by atoms with Gasteiger partial charge in [0, 0.05) is 11.1 Å². The SMILES string of the molecule is CC(C)(CCC(O)CCCC(O)CCC(C)(C)Cc1cocc(O)c1=O)Cc1cocc(O)c1=O. The van der Waals surface area contributed by atoms with Gasteiger partial charge in [0.2, 0.25) is 10.9 Å². The van der Waals surface area contributed by atoms with E-state index in [4.69, 9.17) is 8.83 Å². The van der Waals surface area contributed by atoms with Crippen LogP contribution < -0.4 is 10.9 Å².